The highest BCUT2D eigenvalue weighted by atomic mass is 16.7. The van der Waals surface area contributed by atoms with Crippen molar-refractivity contribution in [3.05, 3.63) is 0 Å². The van der Waals surface area contributed by atoms with Gasteiger partial charge in [-0.3, -0.25) is 4.79 Å². The summed E-state index contributed by atoms with van der Waals surface area (Å²) >= 11 is 0. The first-order valence-corrected chi connectivity index (χ1v) is 5.46. The van der Waals surface area contributed by atoms with E-state index in [4.69, 9.17) is 9.47 Å². The predicted molar refractivity (Wildman–Crippen MR) is 62.1 cm³/mol. The van der Waals surface area contributed by atoms with E-state index in [0.717, 1.165) is 0 Å². The smallest absolute Gasteiger partial charge is 0.310 e. The molecule has 0 aliphatic rings. The first kappa shape index (κ1) is 15.4. The fourth-order valence-electron chi connectivity index (χ4n) is 1.12. The van der Waals surface area contributed by atoms with Crippen LogP contribution in [0.5, 0.6) is 0 Å². The molecule has 0 aromatic carbocycles. The van der Waals surface area contributed by atoms with E-state index in [1.54, 1.807) is 0 Å². The second-order valence-corrected chi connectivity index (χ2v) is 5.67. The molecule has 0 aromatic rings. The monoisotopic (exact) mass is 232 g/mol. The van der Waals surface area contributed by atoms with Gasteiger partial charge in [-0.1, -0.05) is 0 Å². The maximum atomic E-state index is 11.2. The van der Waals surface area contributed by atoms with E-state index in [1.807, 2.05) is 41.5 Å². The zero-order valence-electron chi connectivity index (χ0n) is 11.4. The molecule has 0 rings (SSSR count). The minimum Gasteiger partial charge on any atom is -0.469 e. The quantitative estimate of drug-likeness (QED) is 0.552. The van der Waals surface area contributed by atoms with Gasteiger partial charge in [0.25, 0.3) is 0 Å². The van der Waals surface area contributed by atoms with Gasteiger partial charge in [-0.2, -0.15) is 0 Å². The van der Waals surface area contributed by atoms with Crippen LogP contribution < -0.4 is 0 Å². The van der Waals surface area contributed by atoms with Crippen LogP contribution in [0.1, 0.15) is 48.0 Å². The summed E-state index contributed by atoms with van der Waals surface area (Å²) in [5, 5.41) is 0. The molecule has 0 fully saturated rings. The predicted octanol–water partition coefficient (Wildman–Crippen LogP) is 2.51. The summed E-state index contributed by atoms with van der Waals surface area (Å²) in [5.74, 6) is -0.335. The van der Waals surface area contributed by atoms with Gasteiger partial charge in [-0.15, -0.1) is 0 Å². The molecule has 0 aliphatic heterocycles. The molecule has 0 unspecified atom stereocenters. The van der Waals surface area contributed by atoms with Crippen LogP contribution in [0.25, 0.3) is 0 Å². The molecule has 0 saturated heterocycles. The molecule has 0 amide bonds. The lowest BCUT2D eigenvalue weighted by atomic mass is 10.1. The van der Waals surface area contributed by atoms with Crippen molar-refractivity contribution in [2.75, 3.05) is 7.11 Å². The van der Waals surface area contributed by atoms with E-state index in [-0.39, 0.29) is 23.6 Å². The summed E-state index contributed by atoms with van der Waals surface area (Å²) in [7, 11) is 1.35. The van der Waals surface area contributed by atoms with E-state index in [9.17, 15) is 4.79 Å². The number of ether oxygens (including phenoxy) is 3. The second kappa shape index (κ2) is 5.64. The van der Waals surface area contributed by atoms with E-state index >= 15 is 0 Å². The van der Waals surface area contributed by atoms with Gasteiger partial charge in [0.1, 0.15) is 0 Å². The van der Waals surface area contributed by atoms with E-state index < -0.39 is 6.29 Å². The van der Waals surface area contributed by atoms with Crippen molar-refractivity contribution in [3.63, 3.8) is 0 Å². The van der Waals surface area contributed by atoms with Crippen molar-refractivity contribution in [2.24, 2.45) is 0 Å². The summed E-state index contributed by atoms with van der Waals surface area (Å²) < 4.78 is 15.9. The molecule has 0 bridgehead atoms. The van der Waals surface area contributed by atoms with Crippen molar-refractivity contribution >= 4 is 5.97 Å². The maximum Gasteiger partial charge on any atom is 0.310 e. The van der Waals surface area contributed by atoms with E-state index in [1.165, 1.54) is 7.11 Å². The van der Waals surface area contributed by atoms with Crippen LogP contribution in [0, 0.1) is 0 Å². The van der Waals surface area contributed by atoms with Crippen molar-refractivity contribution in [3.8, 4) is 0 Å². The van der Waals surface area contributed by atoms with Gasteiger partial charge in [-0.25, -0.2) is 0 Å². The molecular weight excluding hydrogens is 208 g/mol. The minimum atomic E-state index is -0.576. The Morgan fingerprint density at radius 2 is 1.38 bits per heavy atom. The molecule has 0 heterocycles. The Morgan fingerprint density at radius 1 is 1.00 bits per heavy atom. The van der Waals surface area contributed by atoms with Crippen LogP contribution in [-0.4, -0.2) is 30.6 Å². The molecule has 0 atom stereocenters. The number of carbonyl (C=O) groups is 1. The van der Waals surface area contributed by atoms with Gasteiger partial charge in [0.15, 0.2) is 6.29 Å². The number of esters is 1. The molecule has 96 valence electrons. The lowest BCUT2D eigenvalue weighted by molar-refractivity contribution is -0.237. The van der Waals surface area contributed by atoms with Crippen molar-refractivity contribution in [1.29, 1.82) is 0 Å². The number of rotatable bonds is 4. The Kier molecular flexibility index (Phi) is 5.42. The number of hydrogen-bond donors (Lipinski definition) is 0. The molecule has 0 radical (unpaired) electrons. The Hall–Kier alpha value is -0.610. The van der Waals surface area contributed by atoms with Crippen LogP contribution >= 0.6 is 0 Å². The van der Waals surface area contributed by atoms with Gasteiger partial charge >= 0.3 is 5.97 Å². The first-order valence-electron chi connectivity index (χ1n) is 5.46. The molecule has 16 heavy (non-hydrogen) atoms. The molecule has 0 N–H and O–H groups in total. The van der Waals surface area contributed by atoms with Crippen LogP contribution in [0.2, 0.25) is 0 Å². The maximum absolute atomic E-state index is 11.2. The normalized spacial score (nSPS) is 13.0. The van der Waals surface area contributed by atoms with Gasteiger partial charge in [-0.05, 0) is 41.5 Å². The summed E-state index contributed by atoms with van der Waals surface area (Å²) in [5.41, 5.74) is -0.714. The zero-order chi connectivity index (χ0) is 13.0. The Bertz CT molecular complexity index is 206. The molecule has 4 heteroatoms. The third kappa shape index (κ3) is 8.68. The Labute approximate surface area is 98.3 Å². The van der Waals surface area contributed by atoms with Gasteiger partial charge in [0.2, 0.25) is 0 Å². The van der Waals surface area contributed by atoms with Gasteiger partial charge in [0, 0.05) is 0 Å². The number of hydrogen-bond acceptors (Lipinski definition) is 4. The van der Waals surface area contributed by atoms with Crippen molar-refractivity contribution in [1.82, 2.24) is 0 Å². The SMILES string of the molecule is COC(=O)CC(OC(C)(C)C)OC(C)(C)C. The largest absolute Gasteiger partial charge is 0.469 e. The third-order valence-corrected chi connectivity index (χ3v) is 1.53. The first-order chi connectivity index (χ1) is 7.03. The van der Waals surface area contributed by atoms with E-state index in [2.05, 4.69) is 4.74 Å². The van der Waals surface area contributed by atoms with E-state index in [0.29, 0.717) is 0 Å². The standard InChI is InChI=1S/C12H24O4/c1-11(2,3)15-10(8-9(13)14-7)16-12(4,5)6/h10H,8H2,1-7H3. The average Bonchev–Trinajstić information content (AvgIpc) is 1.97. The van der Waals surface area contributed by atoms with Crippen LogP contribution in [0.4, 0.5) is 0 Å². The van der Waals surface area contributed by atoms with Crippen molar-refractivity contribution < 1.29 is 19.0 Å². The topological polar surface area (TPSA) is 44.8 Å². The summed E-state index contributed by atoms with van der Waals surface area (Å²) in [4.78, 5) is 11.2. The lowest BCUT2D eigenvalue weighted by Crippen LogP contribution is -2.36. The highest BCUT2D eigenvalue weighted by molar-refractivity contribution is 5.69. The number of methoxy groups -OCH3 is 1. The third-order valence-electron chi connectivity index (χ3n) is 1.53. The molecule has 0 aliphatic carbocycles. The number of carbonyl (C=O) groups excluding carboxylic acids is 1. The highest BCUT2D eigenvalue weighted by Crippen LogP contribution is 2.20. The molecule has 0 aromatic heterocycles. The Balaban J connectivity index is 4.45. The molecular formula is C12H24O4. The fourth-order valence-corrected chi connectivity index (χ4v) is 1.12. The lowest BCUT2D eigenvalue weighted by Gasteiger charge is -2.32. The Morgan fingerprint density at radius 3 is 1.62 bits per heavy atom. The summed E-state index contributed by atoms with van der Waals surface area (Å²) in [6, 6.07) is 0. The van der Waals surface area contributed by atoms with Crippen LogP contribution in [-0.2, 0) is 19.0 Å². The van der Waals surface area contributed by atoms with Crippen molar-refractivity contribution in [2.45, 2.75) is 65.5 Å². The minimum absolute atomic E-state index is 0.102. The molecule has 0 saturated carbocycles. The fraction of sp³-hybridized carbons (Fsp3) is 0.917. The van der Waals surface area contributed by atoms with Gasteiger partial charge < -0.3 is 14.2 Å². The van der Waals surface area contributed by atoms with Crippen LogP contribution in [0.15, 0.2) is 0 Å². The summed E-state index contributed by atoms with van der Waals surface area (Å²) in [6.45, 7) is 11.5. The highest BCUT2D eigenvalue weighted by Gasteiger charge is 2.26. The average molecular weight is 232 g/mol. The van der Waals surface area contributed by atoms with Gasteiger partial charge in [0.05, 0.1) is 24.7 Å². The zero-order valence-corrected chi connectivity index (χ0v) is 11.4. The molecule has 0 spiro atoms. The second-order valence-electron chi connectivity index (χ2n) is 5.67. The summed E-state index contributed by atoms with van der Waals surface area (Å²) in [6.07, 6.45) is -0.474. The van der Waals surface area contributed by atoms with Crippen LogP contribution in [0.3, 0.4) is 0 Å². The molecule has 4 nitrogen and oxygen atoms in total.